The minimum Gasteiger partial charge on any atom is -0.332 e. The molecule has 1 heterocycles. The van der Waals surface area contributed by atoms with E-state index in [9.17, 15) is 4.79 Å². The van der Waals surface area contributed by atoms with Crippen LogP contribution in [0, 0.1) is 0 Å². The van der Waals surface area contributed by atoms with E-state index in [1.807, 2.05) is 91.2 Å². The van der Waals surface area contributed by atoms with Crippen LogP contribution < -0.4 is 16.0 Å². The van der Waals surface area contributed by atoms with Gasteiger partial charge in [-0.1, -0.05) is 54.1 Å². The summed E-state index contributed by atoms with van der Waals surface area (Å²) in [5, 5.41) is 12.5. The topological polar surface area (TPSA) is 66.0 Å². The molecular formula is C25H21ClN4OS3. The number of nitrogens with one attached hydrogen (secondary N) is 3. The summed E-state index contributed by atoms with van der Waals surface area (Å²) < 4.78 is 0. The Balaban J connectivity index is 1.34. The maximum atomic E-state index is 12.8. The van der Waals surface area contributed by atoms with Crippen LogP contribution in [0.5, 0.6) is 0 Å². The Kier molecular flexibility index (Phi) is 8.18. The van der Waals surface area contributed by atoms with Crippen molar-refractivity contribution in [1.82, 2.24) is 4.98 Å². The number of rotatable bonds is 7. The third-order valence-corrected chi connectivity index (χ3v) is 7.07. The van der Waals surface area contributed by atoms with E-state index in [-0.39, 0.29) is 11.2 Å². The summed E-state index contributed by atoms with van der Waals surface area (Å²) in [6.07, 6.45) is 0. The van der Waals surface area contributed by atoms with E-state index in [0.29, 0.717) is 15.3 Å². The molecule has 172 valence electrons. The zero-order valence-corrected chi connectivity index (χ0v) is 21.3. The second-order valence-electron chi connectivity index (χ2n) is 7.24. The molecule has 1 amide bonds. The highest BCUT2D eigenvalue weighted by Gasteiger charge is 2.17. The van der Waals surface area contributed by atoms with E-state index < -0.39 is 0 Å². The maximum absolute atomic E-state index is 12.8. The summed E-state index contributed by atoms with van der Waals surface area (Å²) in [5.41, 5.74) is 3.34. The fourth-order valence-electron chi connectivity index (χ4n) is 3.05. The van der Waals surface area contributed by atoms with Crippen LogP contribution in [0.3, 0.4) is 0 Å². The first-order valence-electron chi connectivity index (χ1n) is 10.4. The van der Waals surface area contributed by atoms with Gasteiger partial charge in [0.1, 0.15) is 0 Å². The first kappa shape index (κ1) is 24.2. The molecule has 3 N–H and O–H groups in total. The van der Waals surface area contributed by atoms with Crippen molar-refractivity contribution < 1.29 is 4.79 Å². The monoisotopic (exact) mass is 524 g/mol. The standard InChI is InChI=1S/C25H21ClN4OS3/c1-16(23(31)30-25-29-22(15-33-25)20-12-5-6-13-21(20)26)34-19-11-7-10-18(14-19)28-24(32)27-17-8-3-2-4-9-17/h2-16H,1H3,(H2,27,28,32)(H,29,30,31). The fourth-order valence-corrected chi connectivity index (χ4v) is 5.16. The van der Waals surface area contributed by atoms with E-state index in [0.717, 1.165) is 27.5 Å². The van der Waals surface area contributed by atoms with Crippen LogP contribution in [-0.4, -0.2) is 21.3 Å². The number of nitrogens with zero attached hydrogens (tertiary/aromatic N) is 1. The number of amides is 1. The number of carbonyl (C=O) groups excluding carboxylic acids is 1. The molecule has 1 aromatic heterocycles. The average Bonchev–Trinajstić information content (AvgIpc) is 3.28. The van der Waals surface area contributed by atoms with Gasteiger partial charge in [0.25, 0.3) is 0 Å². The lowest BCUT2D eigenvalue weighted by Gasteiger charge is -2.13. The van der Waals surface area contributed by atoms with Gasteiger partial charge in [0, 0.05) is 32.2 Å². The molecule has 5 nitrogen and oxygen atoms in total. The van der Waals surface area contributed by atoms with Gasteiger partial charge in [0.15, 0.2) is 10.2 Å². The van der Waals surface area contributed by atoms with Crippen LogP contribution in [0.25, 0.3) is 11.3 Å². The van der Waals surface area contributed by atoms with Gasteiger partial charge in [0.2, 0.25) is 5.91 Å². The van der Waals surface area contributed by atoms with Gasteiger partial charge in [0.05, 0.1) is 10.9 Å². The van der Waals surface area contributed by atoms with Crippen LogP contribution in [0.2, 0.25) is 5.02 Å². The van der Waals surface area contributed by atoms with Crippen molar-refractivity contribution in [3.8, 4) is 11.3 Å². The van der Waals surface area contributed by atoms with E-state index >= 15 is 0 Å². The number of thiocarbonyl (C=S) groups is 1. The molecule has 0 bridgehead atoms. The number of hydrogen-bond acceptors (Lipinski definition) is 5. The summed E-state index contributed by atoms with van der Waals surface area (Å²) in [7, 11) is 0. The van der Waals surface area contributed by atoms with Gasteiger partial charge in [-0.05, 0) is 55.5 Å². The second kappa shape index (κ2) is 11.5. The molecule has 34 heavy (non-hydrogen) atoms. The molecule has 1 atom stereocenters. The third kappa shape index (κ3) is 6.57. The first-order valence-corrected chi connectivity index (χ1v) is 12.9. The molecule has 0 aliphatic carbocycles. The van der Waals surface area contributed by atoms with Crippen molar-refractivity contribution in [2.24, 2.45) is 0 Å². The maximum Gasteiger partial charge on any atom is 0.239 e. The van der Waals surface area contributed by atoms with Crippen LogP contribution in [-0.2, 0) is 4.79 Å². The molecule has 0 saturated carbocycles. The molecule has 4 rings (SSSR count). The van der Waals surface area contributed by atoms with Crippen LogP contribution in [0.1, 0.15) is 6.92 Å². The summed E-state index contributed by atoms with van der Waals surface area (Å²) in [6, 6.07) is 25.0. The smallest absolute Gasteiger partial charge is 0.239 e. The number of thioether (sulfide) groups is 1. The van der Waals surface area contributed by atoms with Gasteiger partial charge >= 0.3 is 0 Å². The molecule has 0 aliphatic heterocycles. The molecule has 9 heteroatoms. The lowest BCUT2D eigenvalue weighted by atomic mass is 10.2. The number of carbonyl (C=O) groups is 1. The zero-order chi connectivity index (χ0) is 23.9. The number of halogens is 1. The molecular weight excluding hydrogens is 504 g/mol. The second-order valence-corrected chi connectivity index (χ2v) is 10.3. The van der Waals surface area contributed by atoms with Crippen LogP contribution in [0.15, 0.2) is 89.1 Å². The van der Waals surface area contributed by atoms with Gasteiger partial charge < -0.3 is 16.0 Å². The molecule has 4 aromatic rings. The highest BCUT2D eigenvalue weighted by Crippen LogP contribution is 2.31. The van der Waals surface area contributed by atoms with Gasteiger partial charge in [-0.15, -0.1) is 23.1 Å². The Hall–Kier alpha value is -2.91. The number of hydrogen-bond donors (Lipinski definition) is 3. The Morgan fingerprint density at radius 1 is 0.971 bits per heavy atom. The Morgan fingerprint density at radius 2 is 1.68 bits per heavy atom. The van der Waals surface area contributed by atoms with Crippen molar-refractivity contribution in [3.63, 3.8) is 0 Å². The summed E-state index contributed by atoms with van der Waals surface area (Å²) in [4.78, 5) is 18.2. The van der Waals surface area contributed by atoms with Crippen molar-refractivity contribution in [1.29, 1.82) is 0 Å². The Morgan fingerprint density at radius 3 is 2.47 bits per heavy atom. The summed E-state index contributed by atoms with van der Waals surface area (Å²) in [5.74, 6) is -0.121. The van der Waals surface area contributed by atoms with Crippen molar-refractivity contribution in [2.45, 2.75) is 17.1 Å². The van der Waals surface area contributed by atoms with Crippen molar-refractivity contribution in [3.05, 3.63) is 89.3 Å². The Bertz CT molecular complexity index is 1300. The quantitative estimate of drug-likeness (QED) is 0.173. The normalized spacial score (nSPS) is 11.5. The number of benzene rings is 3. The summed E-state index contributed by atoms with van der Waals surface area (Å²) >= 11 is 14.5. The minimum atomic E-state index is -0.322. The third-order valence-electron chi connectivity index (χ3n) is 4.69. The van der Waals surface area contributed by atoms with Crippen LogP contribution >= 0.6 is 46.9 Å². The van der Waals surface area contributed by atoms with E-state index in [1.165, 1.54) is 23.1 Å². The minimum absolute atomic E-state index is 0.121. The molecule has 0 saturated heterocycles. The molecule has 0 fully saturated rings. The highest BCUT2D eigenvalue weighted by molar-refractivity contribution is 8.00. The summed E-state index contributed by atoms with van der Waals surface area (Å²) in [6.45, 7) is 1.87. The average molecular weight is 525 g/mol. The van der Waals surface area contributed by atoms with Gasteiger partial charge in [-0.25, -0.2) is 4.98 Å². The SMILES string of the molecule is CC(Sc1cccc(NC(=S)Nc2ccccc2)c1)C(=O)Nc1nc(-c2ccccc2Cl)cs1. The largest absolute Gasteiger partial charge is 0.332 e. The van der Waals surface area contributed by atoms with E-state index in [4.69, 9.17) is 23.8 Å². The zero-order valence-electron chi connectivity index (χ0n) is 18.1. The molecule has 0 aliphatic rings. The van der Waals surface area contributed by atoms with E-state index in [1.54, 1.807) is 0 Å². The highest BCUT2D eigenvalue weighted by atomic mass is 35.5. The number of para-hydroxylation sites is 1. The molecule has 0 spiro atoms. The number of anilines is 3. The van der Waals surface area contributed by atoms with Gasteiger partial charge in [-0.2, -0.15) is 0 Å². The lowest BCUT2D eigenvalue weighted by Crippen LogP contribution is -2.22. The van der Waals surface area contributed by atoms with E-state index in [2.05, 4.69) is 20.9 Å². The Labute approximate surface area is 217 Å². The molecule has 1 unspecified atom stereocenters. The van der Waals surface area contributed by atoms with Crippen molar-refractivity contribution in [2.75, 3.05) is 16.0 Å². The van der Waals surface area contributed by atoms with Crippen molar-refractivity contribution >= 4 is 74.4 Å². The number of thiazole rings is 1. The predicted molar refractivity (Wildman–Crippen MR) is 149 cm³/mol. The van der Waals surface area contributed by atoms with Crippen LogP contribution in [0.4, 0.5) is 16.5 Å². The predicted octanol–water partition coefficient (Wildman–Crippen LogP) is 7.39. The lowest BCUT2D eigenvalue weighted by molar-refractivity contribution is -0.115. The van der Waals surface area contributed by atoms with Gasteiger partial charge in [-0.3, -0.25) is 4.79 Å². The molecule has 0 radical (unpaired) electrons. The fraction of sp³-hybridized carbons (Fsp3) is 0.0800. The number of aromatic nitrogens is 1. The molecule has 3 aromatic carbocycles. The first-order chi connectivity index (χ1) is 16.5.